The van der Waals surface area contributed by atoms with Crippen molar-refractivity contribution in [2.45, 2.75) is 132 Å². The molecule has 0 aromatic rings. The Kier molecular flexibility index (Phi) is 8.91. The van der Waals surface area contributed by atoms with Crippen molar-refractivity contribution in [1.29, 1.82) is 0 Å². The number of ether oxygens (including phenoxy) is 1. The van der Waals surface area contributed by atoms with Crippen molar-refractivity contribution >= 4 is 28.0 Å². The highest BCUT2D eigenvalue weighted by Crippen LogP contribution is 2.75. The number of fused-ring (bicyclic) bond motifs is 7. The summed E-state index contributed by atoms with van der Waals surface area (Å²) in [6.07, 6.45) is 11.1. The molecule has 1 amide bonds. The first-order chi connectivity index (χ1) is 21.1. The van der Waals surface area contributed by atoms with Crippen LogP contribution in [0.2, 0.25) is 0 Å². The van der Waals surface area contributed by atoms with Crippen LogP contribution in [0.25, 0.3) is 0 Å². The van der Waals surface area contributed by atoms with Gasteiger partial charge in [0.1, 0.15) is 6.10 Å². The van der Waals surface area contributed by atoms with E-state index in [9.17, 15) is 27.9 Å². The number of hydrogen-bond donors (Lipinski definition) is 3. The highest BCUT2D eigenvalue weighted by Gasteiger charge is 2.69. The molecule has 4 saturated carbocycles. The number of allylic oxidation sites excluding steroid dienone is 2. The molecule has 0 bridgehead atoms. The Hall–Kier alpha value is -1.94. The van der Waals surface area contributed by atoms with E-state index in [-0.39, 0.29) is 58.5 Å². The van der Waals surface area contributed by atoms with Crippen molar-refractivity contribution < 1.29 is 37.2 Å². The van der Waals surface area contributed by atoms with Crippen LogP contribution in [0.5, 0.6) is 0 Å². The number of carbonyl (C=O) groups excluding carboxylic acids is 2. The number of esters is 1. The fourth-order valence-corrected chi connectivity index (χ4v) is 12.0. The van der Waals surface area contributed by atoms with Crippen molar-refractivity contribution in [2.24, 2.45) is 50.2 Å². The zero-order valence-electron chi connectivity index (χ0n) is 29.0. The molecule has 260 valence electrons. The summed E-state index contributed by atoms with van der Waals surface area (Å²) < 4.78 is 36.6. The van der Waals surface area contributed by atoms with Crippen LogP contribution in [0.4, 0.5) is 0 Å². The summed E-state index contributed by atoms with van der Waals surface area (Å²) in [6, 6.07) is 0. The fraction of sp³-hybridized carbons (Fsp3) is 0.861. The fourth-order valence-electron chi connectivity index (χ4n) is 11.7. The zero-order chi connectivity index (χ0) is 34.1. The van der Waals surface area contributed by atoms with Crippen LogP contribution in [-0.4, -0.2) is 54.3 Å². The molecule has 5 aliphatic carbocycles. The van der Waals surface area contributed by atoms with Gasteiger partial charge in [0.2, 0.25) is 5.91 Å². The Morgan fingerprint density at radius 2 is 1.59 bits per heavy atom. The largest absolute Gasteiger partial charge is 0.481 e. The molecule has 5 aliphatic rings. The second-order valence-electron chi connectivity index (χ2n) is 17.7. The molecular weight excluding hydrogens is 606 g/mol. The lowest BCUT2D eigenvalue weighted by Crippen LogP contribution is -2.65. The van der Waals surface area contributed by atoms with Crippen LogP contribution >= 0.6 is 0 Å². The van der Waals surface area contributed by atoms with Gasteiger partial charge in [-0.2, -0.15) is 8.42 Å². The summed E-state index contributed by atoms with van der Waals surface area (Å²) in [5.41, 5.74) is 0.716. The Bertz CT molecular complexity index is 1400. The quantitative estimate of drug-likeness (QED) is 0.150. The maximum Gasteiger partial charge on any atom is 0.310 e. The number of nitrogens with one attached hydrogen (secondary N) is 1. The Morgan fingerprint density at radius 3 is 2.24 bits per heavy atom. The number of amides is 1. The lowest BCUT2D eigenvalue weighted by molar-refractivity contribution is -0.214. The van der Waals surface area contributed by atoms with E-state index in [1.165, 1.54) is 5.57 Å². The molecule has 0 aromatic carbocycles. The average Bonchev–Trinajstić information content (AvgIpc) is 2.92. The van der Waals surface area contributed by atoms with E-state index in [1.54, 1.807) is 0 Å². The summed E-state index contributed by atoms with van der Waals surface area (Å²) >= 11 is 0. The molecular formula is C36H57NO8S. The minimum atomic E-state index is -4.16. The Labute approximate surface area is 275 Å². The van der Waals surface area contributed by atoms with E-state index in [2.05, 4.69) is 59.9 Å². The molecule has 0 aromatic heterocycles. The number of carboxylic acids is 1. The lowest BCUT2D eigenvalue weighted by atomic mass is 9.33. The number of carboxylic acid groups (broad SMARTS) is 1. The molecule has 5 rings (SSSR count). The van der Waals surface area contributed by atoms with Crippen LogP contribution < -0.4 is 5.32 Å². The second kappa shape index (κ2) is 11.6. The minimum Gasteiger partial charge on any atom is -0.481 e. The molecule has 0 heterocycles. The first kappa shape index (κ1) is 35.4. The van der Waals surface area contributed by atoms with Gasteiger partial charge in [-0.1, -0.05) is 60.1 Å². The summed E-state index contributed by atoms with van der Waals surface area (Å²) in [5.74, 6) is -1.17. The van der Waals surface area contributed by atoms with Gasteiger partial charge in [0, 0.05) is 18.4 Å². The predicted octanol–water partition coefficient (Wildman–Crippen LogP) is 6.57. The van der Waals surface area contributed by atoms with Crippen molar-refractivity contribution in [2.75, 3.05) is 12.3 Å². The van der Waals surface area contributed by atoms with Crippen molar-refractivity contribution in [3.8, 4) is 0 Å². The van der Waals surface area contributed by atoms with Crippen molar-refractivity contribution in [1.82, 2.24) is 5.32 Å². The smallest absolute Gasteiger partial charge is 0.310 e. The number of aliphatic carboxylic acids is 1. The number of carbonyl (C=O) groups is 3. The summed E-state index contributed by atoms with van der Waals surface area (Å²) in [4.78, 5) is 37.9. The summed E-state index contributed by atoms with van der Waals surface area (Å²) in [7, 11) is -4.16. The first-order valence-electron chi connectivity index (χ1n) is 17.5. The van der Waals surface area contributed by atoms with Crippen molar-refractivity contribution in [3.63, 3.8) is 0 Å². The third-order valence-electron chi connectivity index (χ3n) is 14.5. The van der Waals surface area contributed by atoms with Gasteiger partial charge >= 0.3 is 11.9 Å². The van der Waals surface area contributed by atoms with Gasteiger partial charge in [-0.15, -0.1) is 0 Å². The average molecular weight is 664 g/mol. The van der Waals surface area contributed by atoms with E-state index in [0.717, 1.165) is 64.2 Å². The van der Waals surface area contributed by atoms with E-state index in [0.29, 0.717) is 11.8 Å². The molecule has 0 saturated heterocycles. The molecule has 8 atom stereocenters. The van der Waals surface area contributed by atoms with Gasteiger partial charge in [0.15, 0.2) is 0 Å². The standard InChI is InChI=1S/C36H57NO8S/c1-31(2)16-18-36(30(40)41)19-17-34(6)23(24(36)22-31)8-9-26-33(5)14-13-27(32(3,4)25(33)12-15-35(26,34)7)45-29(39)11-10-28(38)37-20-21-46(42,43)44/h8,24-27H,9-22H2,1-7H3,(H,37,38)(H,40,41)(H,42,43,44)/t24-,25?,26?,27-,33-,34+,35+,36-/m0/s1. The molecule has 0 radical (unpaired) electrons. The van der Waals surface area contributed by atoms with E-state index < -0.39 is 39.1 Å². The number of rotatable bonds is 8. The second-order valence-corrected chi connectivity index (χ2v) is 19.2. The molecule has 0 spiro atoms. The number of hydrogen-bond acceptors (Lipinski definition) is 6. The Balaban J connectivity index is 1.32. The van der Waals surface area contributed by atoms with Gasteiger partial charge in [-0.25, -0.2) is 0 Å². The third kappa shape index (κ3) is 5.75. The van der Waals surface area contributed by atoms with Gasteiger partial charge in [-0.05, 0) is 104 Å². The van der Waals surface area contributed by atoms with Crippen LogP contribution in [0.15, 0.2) is 11.6 Å². The van der Waals surface area contributed by atoms with E-state index in [4.69, 9.17) is 9.29 Å². The van der Waals surface area contributed by atoms with E-state index >= 15 is 0 Å². The normalized spacial score (nSPS) is 41.0. The summed E-state index contributed by atoms with van der Waals surface area (Å²) in [5, 5.41) is 13.0. The third-order valence-corrected chi connectivity index (χ3v) is 15.2. The molecule has 10 heteroatoms. The minimum absolute atomic E-state index is 0.0453. The van der Waals surface area contributed by atoms with E-state index in [1.807, 2.05) is 0 Å². The van der Waals surface area contributed by atoms with Gasteiger partial charge in [0.25, 0.3) is 10.1 Å². The predicted molar refractivity (Wildman–Crippen MR) is 175 cm³/mol. The van der Waals surface area contributed by atoms with Gasteiger partial charge < -0.3 is 15.2 Å². The molecule has 3 N–H and O–H groups in total. The van der Waals surface area contributed by atoms with Crippen LogP contribution in [-0.2, 0) is 29.2 Å². The highest BCUT2D eigenvalue weighted by molar-refractivity contribution is 7.85. The van der Waals surface area contributed by atoms with Gasteiger partial charge in [-0.3, -0.25) is 18.9 Å². The molecule has 9 nitrogen and oxygen atoms in total. The molecule has 4 fully saturated rings. The topological polar surface area (TPSA) is 147 Å². The first-order valence-corrected chi connectivity index (χ1v) is 19.1. The monoisotopic (exact) mass is 663 g/mol. The SMILES string of the molecule is CC1(C)CC[C@]2(C(=O)O)CC[C@]3(C)C(=CCC4[C@@]5(C)CC[C@H](OC(=O)CCC(=O)NCCS(=O)(=O)O)C(C)(C)C5CC[C@]43C)[C@@H]2C1. The maximum atomic E-state index is 12.9. The van der Waals surface area contributed by atoms with Crippen LogP contribution in [0.3, 0.4) is 0 Å². The zero-order valence-corrected chi connectivity index (χ0v) is 29.9. The molecule has 2 unspecified atom stereocenters. The molecule has 0 aliphatic heterocycles. The summed E-state index contributed by atoms with van der Waals surface area (Å²) in [6.45, 7) is 16.3. The maximum absolute atomic E-state index is 12.9. The van der Waals surface area contributed by atoms with Crippen LogP contribution in [0.1, 0.15) is 126 Å². The van der Waals surface area contributed by atoms with Crippen molar-refractivity contribution in [3.05, 3.63) is 11.6 Å². The molecule has 46 heavy (non-hydrogen) atoms. The van der Waals surface area contributed by atoms with Gasteiger partial charge in [0.05, 0.1) is 17.6 Å². The lowest BCUT2D eigenvalue weighted by Gasteiger charge is -2.71. The van der Waals surface area contributed by atoms with Crippen LogP contribution in [0, 0.1) is 50.2 Å². The highest BCUT2D eigenvalue weighted by atomic mass is 32.2. The Morgan fingerprint density at radius 1 is 0.913 bits per heavy atom.